The lowest BCUT2D eigenvalue weighted by Crippen LogP contribution is -2.11. The summed E-state index contributed by atoms with van der Waals surface area (Å²) in [6.07, 6.45) is 1.65. The second-order valence-corrected chi connectivity index (χ2v) is 11.4. The quantitative estimate of drug-likeness (QED) is 0.0738. The molecule has 0 heterocycles. The molecule has 0 saturated heterocycles. The number of benzene rings is 5. The van der Waals surface area contributed by atoms with E-state index >= 15 is 0 Å². The van der Waals surface area contributed by atoms with Crippen molar-refractivity contribution in [2.24, 2.45) is 0 Å². The average Bonchev–Trinajstić information content (AvgIpc) is 3.01. The van der Waals surface area contributed by atoms with Gasteiger partial charge in [0.25, 0.3) is 0 Å². The van der Waals surface area contributed by atoms with Crippen LogP contribution in [0.15, 0.2) is 132 Å². The molecule has 0 bridgehead atoms. The first-order valence-corrected chi connectivity index (χ1v) is 15.0. The smallest absolute Gasteiger partial charge is 0.193 e. The topological polar surface area (TPSA) is 44.2 Å². The number of ketones is 1. The van der Waals surface area contributed by atoms with Gasteiger partial charge in [-0.25, -0.2) is 0 Å². The van der Waals surface area contributed by atoms with Crippen molar-refractivity contribution in [2.45, 2.75) is 24.7 Å². The van der Waals surface area contributed by atoms with Gasteiger partial charge in [-0.05, 0) is 109 Å². The molecule has 0 aliphatic carbocycles. The molecule has 0 fully saturated rings. The third-order valence-electron chi connectivity index (χ3n) is 6.92. The molecular weight excluding hydrogens is 544 g/mol. The highest BCUT2D eigenvalue weighted by Crippen LogP contribution is 2.35. The van der Waals surface area contributed by atoms with E-state index in [0.717, 1.165) is 57.4 Å². The highest BCUT2D eigenvalue weighted by molar-refractivity contribution is 7.99. The van der Waals surface area contributed by atoms with Crippen LogP contribution in [0.2, 0.25) is 5.02 Å². The van der Waals surface area contributed by atoms with Gasteiger partial charge in [-0.15, -0.1) is 11.8 Å². The van der Waals surface area contributed by atoms with E-state index in [1.807, 2.05) is 110 Å². The first-order valence-electron chi connectivity index (χ1n) is 13.6. The molecule has 0 atom stereocenters. The molecule has 0 radical (unpaired) electrons. The molecule has 0 aromatic heterocycles. The van der Waals surface area contributed by atoms with E-state index in [1.165, 1.54) is 4.90 Å². The molecule has 0 aliphatic rings. The number of halogens is 1. The number of aryl methyl sites for hydroxylation is 1. The zero-order valence-corrected chi connectivity index (χ0v) is 24.5. The van der Waals surface area contributed by atoms with E-state index < -0.39 is 0 Å². The number of carbonyl (C=O) groups excluding carboxylic acids is 1. The Morgan fingerprint density at radius 3 is 1.90 bits per heavy atom. The third-order valence-corrected chi connectivity index (χ3v) is 8.27. The molecule has 5 heteroatoms. The Kier molecular flexibility index (Phi) is 9.35. The van der Waals surface area contributed by atoms with Crippen molar-refractivity contribution in [1.82, 2.24) is 0 Å². The van der Waals surface area contributed by atoms with Crippen molar-refractivity contribution in [1.29, 1.82) is 5.41 Å². The minimum absolute atomic E-state index is 0.0235. The molecule has 0 aliphatic heterocycles. The summed E-state index contributed by atoms with van der Waals surface area (Å²) in [6, 6.07) is 41.7. The molecule has 0 amide bonds. The van der Waals surface area contributed by atoms with Gasteiger partial charge in [0.1, 0.15) is 0 Å². The number of hydrogen-bond acceptors (Lipinski definition) is 4. The standard InChI is InChI=1S/C36H31ClN2OS/c1-26-8-5-6-11-34(26)36(40)28-15-21-32(22-16-28)39(30-9-3-2-4-10-30)31-19-13-27(14-20-31)35(38)12-7-25-41-33-23-17-29(37)18-24-33/h2-6,8-11,13-24,38H,7,12,25H2,1H3. The van der Waals surface area contributed by atoms with Crippen LogP contribution in [0.5, 0.6) is 0 Å². The van der Waals surface area contributed by atoms with Crippen LogP contribution < -0.4 is 4.90 Å². The summed E-state index contributed by atoms with van der Waals surface area (Å²) in [7, 11) is 0. The van der Waals surface area contributed by atoms with Crippen molar-refractivity contribution in [3.8, 4) is 0 Å². The normalized spacial score (nSPS) is 10.8. The molecule has 5 rings (SSSR count). The van der Waals surface area contributed by atoms with Crippen LogP contribution >= 0.6 is 23.4 Å². The number of nitrogens with one attached hydrogen (secondary N) is 1. The van der Waals surface area contributed by atoms with Crippen molar-refractivity contribution in [3.05, 3.63) is 155 Å². The fraction of sp³-hybridized carbons (Fsp3) is 0.111. The summed E-state index contributed by atoms with van der Waals surface area (Å²) in [5.41, 5.74) is 6.89. The molecule has 3 nitrogen and oxygen atoms in total. The molecule has 41 heavy (non-hydrogen) atoms. The molecule has 5 aromatic rings. The lowest BCUT2D eigenvalue weighted by molar-refractivity contribution is 0.103. The van der Waals surface area contributed by atoms with Crippen LogP contribution in [0.3, 0.4) is 0 Å². The van der Waals surface area contributed by atoms with E-state index in [4.69, 9.17) is 17.0 Å². The lowest BCUT2D eigenvalue weighted by atomic mass is 9.99. The number of carbonyl (C=O) groups is 1. The van der Waals surface area contributed by atoms with E-state index in [-0.39, 0.29) is 5.78 Å². The van der Waals surface area contributed by atoms with Gasteiger partial charge in [-0.1, -0.05) is 66.2 Å². The van der Waals surface area contributed by atoms with E-state index in [9.17, 15) is 4.79 Å². The predicted octanol–water partition coefficient (Wildman–Crippen LogP) is 10.3. The number of hydrogen-bond donors (Lipinski definition) is 1. The van der Waals surface area contributed by atoms with Crippen LogP contribution in [-0.4, -0.2) is 17.2 Å². The van der Waals surface area contributed by atoms with E-state index in [2.05, 4.69) is 29.2 Å². The SMILES string of the molecule is Cc1ccccc1C(=O)c1ccc(N(c2ccccc2)c2ccc(C(=N)CCCSc3ccc(Cl)cc3)cc2)cc1. The maximum Gasteiger partial charge on any atom is 0.193 e. The molecule has 204 valence electrons. The maximum atomic E-state index is 13.1. The van der Waals surface area contributed by atoms with Gasteiger partial charge >= 0.3 is 0 Å². The molecule has 0 saturated carbocycles. The van der Waals surface area contributed by atoms with E-state index in [1.54, 1.807) is 11.8 Å². The van der Waals surface area contributed by atoms with Gasteiger partial charge in [0, 0.05) is 43.8 Å². The first-order chi connectivity index (χ1) is 20.0. The Morgan fingerprint density at radius 1 is 0.707 bits per heavy atom. The highest BCUT2D eigenvalue weighted by atomic mass is 35.5. The van der Waals surface area contributed by atoms with Crippen LogP contribution in [-0.2, 0) is 0 Å². The zero-order chi connectivity index (χ0) is 28.6. The minimum atomic E-state index is 0.0235. The van der Waals surface area contributed by atoms with Crippen molar-refractivity contribution < 1.29 is 4.79 Å². The average molecular weight is 575 g/mol. The fourth-order valence-corrected chi connectivity index (χ4v) is 5.67. The Morgan fingerprint density at radius 2 is 1.27 bits per heavy atom. The minimum Gasteiger partial charge on any atom is -0.311 e. The van der Waals surface area contributed by atoms with Gasteiger partial charge in [-0.2, -0.15) is 0 Å². The number of anilines is 3. The largest absolute Gasteiger partial charge is 0.311 e. The van der Waals surface area contributed by atoms with E-state index in [0.29, 0.717) is 11.3 Å². The number of para-hydroxylation sites is 1. The van der Waals surface area contributed by atoms with Crippen molar-refractivity contribution >= 4 is 51.9 Å². The maximum absolute atomic E-state index is 13.1. The molecule has 0 unspecified atom stereocenters. The van der Waals surface area contributed by atoms with Gasteiger partial charge in [0.05, 0.1) is 0 Å². The number of rotatable bonds is 11. The summed E-state index contributed by atoms with van der Waals surface area (Å²) in [5, 5.41) is 9.37. The zero-order valence-electron chi connectivity index (χ0n) is 22.9. The summed E-state index contributed by atoms with van der Waals surface area (Å²) in [5.74, 6) is 0.974. The first kappa shape index (κ1) is 28.4. The van der Waals surface area contributed by atoms with Crippen LogP contribution in [0.25, 0.3) is 0 Å². The second-order valence-electron chi connectivity index (χ2n) is 9.79. The highest BCUT2D eigenvalue weighted by Gasteiger charge is 2.15. The van der Waals surface area contributed by atoms with Crippen LogP contribution in [0.4, 0.5) is 17.1 Å². The summed E-state index contributed by atoms with van der Waals surface area (Å²) >= 11 is 7.76. The second kappa shape index (κ2) is 13.5. The third kappa shape index (κ3) is 7.15. The van der Waals surface area contributed by atoms with Gasteiger partial charge in [0.15, 0.2) is 5.78 Å². The summed E-state index contributed by atoms with van der Waals surface area (Å²) in [4.78, 5) is 16.5. The fourth-order valence-electron chi connectivity index (χ4n) is 4.70. The lowest BCUT2D eigenvalue weighted by Gasteiger charge is -2.26. The van der Waals surface area contributed by atoms with Crippen molar-refractivity contribution in [3.63, 3.8) is 0 Å². The number of nitrogens with zero attached hydrogens (tertiary/aromatic N) is 1. The van der Waals surface area contributed by atoms with Gasteiger partial charge in [-0.3, -0.25) is 4.79 Å². The monoisotopic (exact) mass is 574 g/mol. The van der Waals surface area contributed by atoms with Crippen molar-refractivity contribution in [2.75, 3.05) is 10.7 Å². The summed E-state index contributed by atoms with van der Waals surface area (Å²) in [6.45, 7) is 1.96. The Bertz CT molecular complexity index is 1620. The Balaban J connectivity index is 1.29. The van der Waals surface area contributed by atoms with Gasteiger partial charge in [0.2, 0.25) is 0 Å². The Labute approximate surface area is 251 Å². The molecule has 0 spiro atoms. The van der Waals surface area contributed by atoms with Crippen LogP contribution in [0, 0.1) is 12.3 Å². The van der Waals surface area contributed by atoms with Crippen LogP contribution in [0.1, 0.15) is 39.9 Å². The van der Waals surface area contributed by atoms with Gasteiger partial charge < -0.3 is 10.3 Å². The molecule has 1 N–H and O–H groups in total. The number of thioether (sulfide) groups is 1. The molecular formula is C36H31ClN2OS. The summed E-state index contributed by atoms with van der Waals surface area (Å²) < 4.78 is 0. The predicted molar refractivity (Wildman–Crippen MR) is 174 cm³/mol. The Hall–Kier alpha value is -4.12. The molecule has 5 aromatic carbocycles.